The number of hydrogen-bond acceptors (Lipinski definition) is 4. The van der Waals surface area contributed by atoms with Gasteiger partial charge in [-0.25, -0.2) is 26.1 Å². The van der Waals surface area contributed by atoms with Crippen LogP contribution in [0.25, 0.3) is 0 Å². The topological polar surface area (TPSA) is 87.9 Å². The van der Waals surface area contributed by atoms with Crippen molar-refractivity contribution < 1.29 is 14.3 Å². The minimum absolute atomic E-state index is 0.0430. The van der Waals surface area contributed by atoms with E-state index in [1.807, 2.05) is 0 Å². The number of rotatable bonds is 0. The predicted octanol–water partition coefficient (Wildman–Crippen LogP) is -2.06. The van der Waals surface area contributed by atoms with Gasteiger partial charge in [0.2, 0.25) is 6.35 Å². The Hall–Kier alpha value is -1.34. The average molecular weight is 158 g/mol. The van der Waals surface area contributed by atoms with Gasteiger partial charge in [-0.15, -0.1) is 0 Å². The third-order valence-corrected chi connectivity index (χ3v) is 1.53. The molecule has 0 aromatic rings. The number of carbonyl (C=O) groups is 2. The summed E-state index contributed by atoms with van der Waals surface area (Å²) in [5.74, 6) is 4.93. The first-order chi connectivity index (χ1) is 5.20. The summed E-state index contributed by atoms with van der Waals surface area (Å²) in [5.41, 5.74) is 2.24. The molecular weight excluding hydrogens is 152 g/mol. The number of amides is 3. The Morgan fingerprint density at radius 1 is 1.64 bits per heavy atom. The van der Waals surface area contributed by atoms with Crippen LogP contribution < -0.4 is 11.3 Å². The summed E-state index contributed by atoms with van der Waals surface area (Å²) in [4.78, 5) is 21.6. The summed E-state index contributed by atoms with van der Waals surface area (Å²) in [6.07, 6.45) is -0.769. The molecule has 0 saturated carbocycles. The van der Waals surface area contributed by atoms with Gasteiger partial charge in [0.05, 0.1) is 0 Å². The van der Waals surface area contributed by atoms with E-state index >= 15 is 0 Å². The van der Waals surface area contributed by atoms with Crippen LogP contribution >= 0.6 is 0 Å². The van der Waals surface area contributed by atoms with E-state index in [9.17, 15) is 9.59 Å². The highest BCUT2D eigenvalue weighted by molar-refractivity contribution is 5.86. The number of nitrogens with zero attached hydrogens (tertiary/aromatic N) is 2. The fourth-order valence-electron chi connectivity index (χ4n) is 0.996. The van der Waals surface area contributed by atoms with Gasteiger partial charge < -0.3 is 4.74 Å². The molecule has 1 unspecified atom stereocenters. The van der Waals surface area contributed by atoms with Gasteiger partial charge in [-0.2, -0.15) is 0 Å². The summed E-state index contributed by atoms with van der Waals surface area (Å²) in [6.45, 7) is -0.0430. The first-order valence-corrected chi connectivity index (χ1v) is 2.98. The molecule has 7 heteroatoms. The molecule has 2 aliphatic heterocycles. The number of nitrogens with one attached hydrogen (secondary N) is 1. The normalized spacial score (nSPS) is 29.4. The van der Waals surface area contributed by atoms with Crippen molar-refractivity contribution in [2.24, 2.45) is 5.84 Å². The van der Waals surface area contributed by atoms with Crippen LogP contribution in [0.1, 0.15) is 0 Å². The average Bonchev–Trinajstić information content (AvgIpc) is 2.43. The van der Waals surface area contributed by atoms with Gasteiger partial charge in [-0.3, -0.25) is 4.79 Å². The van der Waals surface area contributed by atoms with Crippen LogP contribution in [0.4, 0.5) is 4.79 Å². The van der Waals surface area contributed by atoms with Crippen molar-refractivity contribution in [1.29, 1.82) is 0 Å². The van der Waals surface area contributed by atoms with Crippen molar-refractivity contribution in [3.8, 4) is 0 Å². The maximum Gasteiger partial charge on any atom is 0.354 e. The molecule has 0 radical (unpaired) electrons. The summed E-state index contributed by atoms with van der Waals surface area (Å²) >= 11 is 0. The molecule has 0 aromatic heterocycles. The number of hydrogen-bond donors (Lipinski definition) is 2. The molecule has 11 heavy (non-hydrogen) atoms. The molecule has 2 saturated heterocycles. The Bertz CT molecular complexity index is 227. The van der Waals surface area contributed by atoms with Gasteiger partial charge in [-0.1, -0.05) is 0 Å². The molecule has 60 valence electrons. The lowest BCUT2D eigenvalue weighted by molar-refractivity contribution is -0.130. The van der Waals surface area contributed by atoms with E-state index in [1.165, 1.54) is 0 Å². The van der Waals surface area contributed by atoms with Crippen molar-refractivity contribution in [2.75, 3.05) is 6.61 Å². The van der Waals surface area contributed by atoms with Gasteiger partial charge in [0, 0.05) is 0 Å². The second-order valence-corrected chi connectivity index (χ2v) is 2.23. The molecule has 0 spiro atoms. The highest BCUT2D eigenvalue weighted by atomic mass is 16.6. The SMILES string of the molecule is NN1C(=O)NN2C(=O)COC12. The summed E-state index contributed by atoms with van der Waals surface area (Å²) < 4.78 is 4.87. The molecule has 3 amide bonds. The van der Waals surface area contributed by atoms with Crippen LogP contribution in [0.5, 0.6) is 0 Å². The fraction of sp³-hybridized carbons (Fsp3) is 0.500. The standard InChI is InChI=1S/C4H6N4O3/c5-7-3(10)6-8-2(9)1-11-4(7)8/h4H,1,5H2,(H,6,10). The number of hydrazine groups is 2. The van der Waals surface area contributed by atoms with Crippen molar-refractivity contribution >= 4 is 11.9 Å². The molecular formula is C4H6N4O3. The maximum absolute atomic E-state index is 10.9. The maximum atomic E-state index is 10.9. The highest BCUT2D eigenvalue weighted by Crippen LogP contribution is 2.15. The summed E-state index contributed by atoms with van der Waals surface area (Å²) in [7, 11) is 0. The molecule has 0 aromatic carbocycles. The van der Waals surface area contributed by atoms with Crippen molar-refractivity contribution in [1.82, 2.24) is 15.4 Å². The molecule has 7 nitrogen and oxygen atoms in total. The first-order valence-electron chi connectivity index (χ1n) is 2.98. The number of nitrogens with two attached hydrogens (primary N) is 1. The van der Waals surface area contributed by atoms with E-state index in [2.05, 4.69) is 5.43 Å². The van der Waals surface area contributed by atoms with Crippen LogP contribution in [0.2, 0.25) is 0 Å². The number of fused-ring (bicyclic) bond motifs is 1. The van der Waals surface area contributed by atoms with Crippen molar-refractivity contribution in [3.05, 3.63) is 0 Å². The van der Waals surface area contributed by atoms with E-state index in [1.54, 1.807) is 0 Å². The van der Waals surface area contributed by atoms with Gasteiger partial charge in [0.25, 0.3) is 5.91 Å². The zero-order valence-corrected chi connectivity index (χ0v) is 5.48. The Labute approximate surface area is 61.6 Å². The van der Waals surface area contributed by atoms with E-state index in [4.69, 9.17) is 10.6 Å². The van der Waals surface area contributed by atoms with Gasteiger partial charge in [0.15, 0.2) is 0 Å². The Kier molecular flexibility index (Phi) is 1.06. The van der Waals surface area contributed by atoms with Gasteiger partial charge >= 0.3 is 6.03 Å². The Morgan fingerprint density at radius 2 is 2.36 bits per heavy atom. The van der Waals surface area contributed by atoms with E-state index in [0.29, 0.717) is 0 Å². The molecule has 0 aliphatic carbocycles. The predicted molar refractivity (Wildman–Crippen MR) is 31.1 cm³/mol. The smallest absolute Gasteiger partial charge is 0.328 e. The lowest BCUT2D eigenvalue weighted by Crippen LogP contribution is -2.42. The minimum atomic E-state index is -0.769. The molecule has 2 rings (SSSR count). The number of urea groups is 1. The molecule has 2 fully saturated rings. The molecule has 2 heterocycles. The first kappa shape index (κ1) is 6.38. The second kappa shape index (κ2) is 1.83. The zero-order valence-electron chi connectivity index (χ0n) is 5.48. The van der Waals surface area contributed by atoms with Crippen LogP contribution in [0, 0.1) is 0 Å². The fourth-order valence-corrected chi connectivity index (χ4v) is 0.996. The van der Waals surface area contributed by atoms with E-state index in [-0.39, 0.29) is 12.5 Å². The lowest BCUT2D eigenvalue weighted by Gasteiger charge is -2.13. The Morgan fingerprint density at radius 3 is 3.00 bits per heavy atom. The largest absolute Gasteiger partial charge is 0.354 e. The van der Waals surface area contributed by atoms with Crippen LogP contribution in [0.3, 0.4) is 0 Å². The lowest BCUT2D eigenvalue weighted by atomic mass is 10.7. The second-order valence-electron chi connectivity index (χ2n) is 2.23. The van der Waals surface area contributed by atoms with Crippen LogP contribution in [-0.4, -0.2) is 34.9 Å². The van der Waals surface area contributed by atoms with Crippen molar-refractivity contribution in [3.63, 3.8) is 0 Å². The monoisotopic (exact) mass is 158 g/mol. The molecule has 0 bridgehead atoms. The van der Waals surface area contributed by atoms with Gasteiger partial charge in [-0.05, 0) is 0 Å². The van der Waals surface area contributed by atoms with E-state index in [0.717, 1.165) is 10.0 Å². The molecule has 3 N–H and O–H groups in total. The quantitative estimate of drug-likeness (QED) is 0.313. The third-order valence-electron chi connectivity index (χ3n) is 1.53. The van der Waals surface area contributed by atoms with Crippen LogP contribution in [0.15, 0.2) is 0 Å². The number of carbonyl (C=O) groups excluding carboxylic acids is 2. The van der Waals surface area contributed by atoms with E-state index < -0.39 is 12.4 Å². The zero-order chi connectivity index (χ0) is 8.01. The molecule has 2 aliphatic rings. The third kappa shape index (κ3) is 0.686. The molecule has 1 atom stereocenters. The summed E-state index contributed by atoms with van der Waals surface area (Å²) in [6, 6.07) is -0.539. The van der Waals surface area contributed by atoms with Crippen LogP contribution in [-0.2, 0) is 9.53 Å². The minimum Gasteiger partial charge on any atom is -0.328 e. The van der Waals surface area contributed by atoms with Gasteiger partial charge in [0.1, 0.15) is 6.61 Å². The van der Waals surface area contributed by atoms with Crippen molar-refractivity contribution in [2.45, 2.75) is 6.35 Å². The highest BCUT2D eigenvalue weighted by Gasteiger charge is 2.44. The summed E-state index contributed by atoms with van der Waals surface area (Å²) in [5, 5.41) is 1.88. The Balaban J connectivity index is 2.24. The number of ether oxygens (including phenoxy) is 1.